The first-order valence-electron chi connectivity index (χ1n) is 39.5. The van der Waals surface area contributed by atoms with E-state index in [1.54, 1.807) is 0 Å². The van der Waals surface area contributed by atoms with Gasteiger partial charge in [-0.25, -0.2) is 29.9 Å². The van der Waals surface area contributed by atoms with E-state index in [0.29, 0.717) is 34.9 Å². The molecule has 4 aromatic heterocycles. The van der Waals surface area contributed by atoms with Crippen molar-refractivity contribution in [1.82, 2.24) is 34.5 Å². The molecule has 21 rings (SSSR count). The average molecular weight is 1490 g/mol. The van der Waals surface area contributed by atoms with Crippen LogP contribution in [0.4, 0.5) is 0 Å². The summed E-state index contributed by atoms with van der Waals surface area (Å²) in [6.45, 7) is 0. The van der Waals surface area contributed by atoms with Crippen LogP contribution in [0.5, 0.6) is 0 Å². The molecule has 0 spiro atoms. The highest BCUT2D eigenvalue weighted by Crippen LogP contribution is 2.48. The molecule has 0 aliphatic heterocycles. The molecule has 0 unspecified atom stereocenters. The van der Waals surface area contributed by atoms with Gasteiger partial charge in [-0.15, -0.1) is 0 Å². The number of hydrogen-bond donors (Lipinski definition) is 0. The minimum atomic E-state index is 0.550. The Morgan fingerprint density at radius 3 is 0.735 bits per heavy atom. The molecule has 17 aromatic carbocycles. The third-order valence-electron chi connectivity index (χ3n) is 22.4. The predicted octanol–water partition coefficient (Wildman–Crippen LogP) is 28.3. The van der Waals surface area contributed by atoms with E-state index in [0.717, 1.165) is 188 Å². The molecule has 0 saturated carbocycles. The number of nitrogens with zero attached hydrogens (tertiary/aromatic N) is 7. The summed E-state index contributed by atoms with van der Waals surface area (Å²) in [4.78, 5) is 32.9. The summed E-state index contributed by atoms with van der Waals surface area (Å²) in [6.07, 6.45) is 0. The monoisotopic (exact) mass is 1490 g/mol. The van der Waals surface area contributed by atoms with Gasteiger partial charge in [-0.05, 0) is 185 Å². The Balaban J connectivity index is 0.707. The smallest absolute Gasteiger partial charge is 0.164 e. The summed E-state index contributed by atoms with van der Waals surface area (Å²) in [7, 11) is 2.19. The number of rotatable bonds is 16. The summed E-state index contributed by atoms with van der Waals surface area (Å²) in [5, 5.41) is 4.20. The van der Waals surface area contributed by atoms with Crippen molar-refractivity contribution in [2.75, 3.05) is 0 Å². The Morgan fingerprint density at radius 2 is 0.427 bits per heavy atom. The van der Waals surface area contributed by atoms with Gasteiger partial charge in [0.2, 0.25) is 0 Å². The molecule has 0 fully saturated rings. The summed E-state index contributed by atoms with van der Waals surface area (Å²) in [5.74, 6) is 3.36. The Bertz CT molecular complexity index is 6780. The highest BCUT2D eigenvalue weighted by molar-refractivity contribution is 6.28. The van der Waals surface area contributed by atoms with Crippen LogP contribution in [0.3, 0.4) is 0 Å². The van der Waals surface area contributed by atoms with Crippen LogP contribution >= 0.6 is 0 Å². The summed E-state index contributed by atoms with van der Waals surface area (Å²) >= 11 is 0. The van der Waals surface area contributed by atoms with Gasteiger partial charge in [-0.1, -0.05) is 328 Å². The summed E-state index contributed by atoms with van der Waals surface area (Å²) in [5.41, 5.74) is 30.4. The molecule has 0 amide bonds. The number of aromatic nitrogens is 7. The summed E-state index contributed by atoms with van der Waals surface area (Å²) < 4.78 is 9.40. The maximum absolute atomic E-state index is 7.03. The number of aryl methyl sites for hydroxylation is 1. The Morgan fingerprint density at radius 1 is 0.179 bits per heavy atom. The van der Waals surface area contributed by atoms with E-state index >= 15 is 0 Å². The maximum Gasteiger partial charge on any atom is 0.164 e. The Hall–Kier alpha value is -15.6. The van der Waals surface area contributed by atoms with Crippen molar-refractivity contribution in [2.24, 2.45) is 7.05 Å². The molecule has 0 radical (unpaired) electrons. The molecule has 0 atom stereocenters. The highest BCUT2D eigenvalue weighted by atomic mass is 16.3. The second-order valence-corrected chi connectivity index (χ2v) is 29.8. The lowest BCUT2D eigenvalue weighted by Crippen LogP contribution is -2.01. The van der Waals surface area contributed by atoms with Crippen LogP contribution in [0, 0.1) is 0 Å². The van der Waals surface area contributed by atoms with E-state index in [9.17, 15) is 0 Å². The number of fused-ring (bicyclic) bond motifs is 7. The first-order chi connectivity index (χ1) is 57.8. The fourth-order valence-electron chi connectivity index (χ4n) is 16.6. The SMILES string of the molecule is Cn1c2c(-c3ccc(-c4nc(-c5cc(-c6ccccc6)cc(-c6ccccc6)c5)nc(-c5cc(-c6ccccc6)cc(-c6ccccc6)c5)n4)cc3)cccc2c2c3oc4ccccc4c3cc(-c3ccc(-c4nc(-c5cc(-c6ccccc6)cc(-c6ccccc6)c5)nc(-c5cc(-c6ccccc6)cc(-c6ccccc6)c5)n4)cc3)c21. The molecular formula is C109H71N7O. The number of hydrogen-bond acceptors (Lipinski definition) is 7. The normalized spacial score (nSPS) is 11.5. The first kappa shape index (κ1) is 69.3. The lowest BCUT2D eigenvalue weighted by molar-refractivity contribution is 0.673. The third kappa shape index (κ3) is 13.4. The van der Waals surface area contributed by atoms with Crippen LogP contribution in [-0.4, -0.2) is 34.5 Å². The van der Waals surface area contributed by atoms with Crippen molar-refractivity contribution >= 4 is 43.7 Å². The van der Waals surface area contributed by atoms with Gasteiger partial charge in [-0.2, -0.15) is 0 Å². The van der Waals surface area contributed by atoms with Crippen LogP contribution in [0.15, 0.2) is 417 Å². The topological polar surface area (TPSA) is 95.4 Å². The fourth-order valence-corrected chi connectivity index (χ4v) is 16.6. The van der Waals surface area contributed by atoms with E-state index in [1.807, 2.05) is 6.07 Å². The van der Waals surface area contributed by atoms with Crippen LogP contribution < -0.4 is 0 Å². The molecule has 0 saturated heterocycles. The molecule has 548 valence electrons. The Kier molecular flexibility index (Phi) is 17.7. The average Bonchev–Trinajstić information content (AvgIpc) is 1.55. The molecule has 21 aromatic rings. The number of benzene rings is 17. The van der Waals surface area contributed by atoms with Gasteiger partial charge in [0, 0.05) is 67.7 Å². The van der Waals surface area contributed by atoms with Gasteiger partial charge in [0.05, 0.1) is 16.4 Å². The van der Waals surface area contributed by atoms with E-state index in [1.165, 1.54) is 0 Å². The molecule has 117 heavy (non-hydrogen) atoms. The molecule has 0 N–H and O–H groups in total. The molecule has 0 aliphatic rings. The second-order valence-electron chi connectivity index (χ2n) is 29.8. The van der Waals surface area contributed by atoms with Crippen molar-refractivity contribution < 1.29 is 4.42 Å². The predicted molar refractivity (Wildman–Crippen MR) is 481 cm³/mol. The molecule has 0 bridgehead atoms. The lowest BCUT2D eigenvalue weighted by Gasteiger charge is -2.14. The maximum atomic E-state index is 7.03. The van der Waals surface area contributed by atoms with Gasteiger partial charge in [0.15, 0.2) is 34.9 Å². The second kappa shape index (κ2) is 29.8. The van der Waals surface area contributed by atoms with Gasteiger partial charge in [-0.3, -0.25) is 0 Å². The Labute approximate surface area is 677 Å². The molecule has 8 nitrogen and oxygen atoms in total. The van der Waals surface area contributed by atoms with Gasteiger partial charge in [0.25, 0.3) is 0 Å². The number of furan rings is 1. The largest absolute Gasteiger partial charge is 0.455 e. The van der Waals surface area contributed by atoms with Crippen molar-refractivity contribution in [3.8, 4) is 180 Å². The van der Waals surface area contributed by atoms with Crippen molar-refractivity contribution in [1.29, 1.82) is 0 Å². The fraction of sp³-hybridized carbons (Fsp3) is 0.00917. The van der Waals surface area contributed by atoms with Crippen molar-refractivity contribution in [3.63, 3.8) is 0 Å². The summed E-state index contributed by atoms with van der Waals surface area (Å²) in [6, 6.07) is 146. The quantitative estimate of drug-likeness (QED) is 0.0951. The highest BCUT2D eigenvalue weighted by Gasteiger charge is 2.26. The van der Waals surface area contributed by atoms with Crippen LogP contribution in [-0.2, 0) is 7.05 Å². The van der Waals surface area contributed by atoms with Gasteiger partial charge < -0.3 is 8.98 Å². The van der Waals surface area contributed by atoms with Crippen LogP contribution in [0.25, 0.3) is 223 Å². The van der Waals surface area contributed by atoms with E-state index in [4.69, 9.17) is 34.3 Å². The molecule has 8 heteroatoms. The standard InChI is InChI=1S/C109H71N7O/c1-116-101-94(78-49-53-80(54-50-78)104-110-106(90-61-82(70-29-10-2-11-30-70)57-83(62-90)71-31-12-3-13-32-71)114-107(111-104)91-63-84(72-33-14-4-15-34-72)58-85(64-91)73-35-16-5-17-36-73)46-28-47-96(101)100-102(116)97(69-98-95-45-26-27-48-99(95)117-103(98)100)79-51-55-81(56-52-79)105-112-108(92-65-86(74-37-18-6-19-38-74)59-87(66-92)75-39-20-7-21-40-75)115-109(113-105)93-67-88(76-41-22-8-23-42-76)60-89(68-93)77-43-24-9-25-44-77/h2-69H,1H3. The van der Waals surface area contributed by atoms with E-state index < -0.39 is 0 Å². The molecular weight excluding hydrogens is 1420 g/mol. The minimum Gasteiger partial charge on any atom is -0.455 e. The molecule has 4 heterocycles. The zero-order valence-corrected chi connectivity index (χ0v) is 63.8. The van der Waals surface area contributed by atoms with Crippen molar-refractivity contribution in [3.05, 3.63) is 413 Å². The zero-order chi connectivity index (χ0) is 77.7. The van der Waals surface area contributed by atoms with Gasteiger partial charge >= 0.3 is 0 Å². The van der Waals surface area contributed by atoms with E-state index in [2.05, 4.69) is 418 Å². The van der Waals surface area contributed by atoms with Crippen molar-refractivity contribution in [2.45, 2.75) is 0 Å². The zero-order valence-electron chi connectivity index (χ0n) is 63.8. The number of para-hydroxylation sites is 2. The van der Waals surface area contributed by atoms with Gasteiger partial charge in [0.1, 0.15) is 11.2 Å². The minimum absolute atomic E-state index is 0.550. The van der Waals surface area contributed by atoms with Crippen LogP contribution in [0.1, 0.15) is 0 Å². The molecule has 0 aliphatic carbocycles. The third-order valence-corrected chi connectivity index (χ3v) is 22.4. The van der Waals surface area contributed by atoms with Crippen LogP contribution in [0.2, 0.25) is 0 Å². The lowest BCUT2D eigenvalue weighted by atomic mass is 9.95. The first-order valence-corrected chi connectivity index (χ1v) is 39.5. The van der Waals surface area contributed by atoms with E-state index in [-0.39, 0.29) is 0 Å².